The fraction of sp³-hybridized carbons (Fsp3) is 0.636. The molecule has 4 N–H and O–H groups in total. The number of Topliss-reactive ketones (excluding diaryl/α,β-unsaturated/α-hetero) is 1. The molecule has 43 heavy (non-hydrogen) atoms. The first kappa shape index (κ1) is 31.3. The Bertz CT molecular complexity index is 1300. The Balaban J connectivity index is 1.23. The van der Waals surface area contributed by atoms with E-state index in [4.69, 9.17) is 9.57 Å². The number of aliphatic hydroxyl groups excluding tert-OH is 2. The number of amides is 1. The minimum Gasteiger partial charge on any atom is -0.467 e. The SMILES string of the molecule is COC(=O)[C@H](Cc1ccccc1)NC(=O)CO/N=C1\C=C2CC[C@@H]3[C@H]([C@@H](O)C[C@@]4(C)[C@H]3CC[C@]4(O)C(=O)CO)[C@@]2(C)CC1. The maximum atomic E-state index is 12.6. The van der Waals surface area contributed by atoms with Crippen molar-refractivity contribution in [3.8, 4) is 0 Å². The van der Waals surface area contributed by atoms with Crippen molar-refractivity contribution < 1.29 is 39.3 Å². The van der Waals surface area contributed by atoms with Gasteiger partial charge in [0.05, 0.1) is 18.9 Å². The number of ketones is 1. The monoisotopic (exact) mass is 596 g/mol. The summed E-state index contributed by atoms with van der Waals surface area (Å²) in [5, 5.41) is 39.4. The number of rotatable bonds is 9. The van der Waals surface area contributed by atoms with Crippen LogP contribution in [0.3, 0.4) is 0 Å². The largest absolute Gasteiger partial charge is 0.467 e. The Hall–Kier alpha value is -3.08. The average molecular weight is 597 g/mol. The number of aliphatic hydroxyl groups is 3. The molecule has 0 spiro atoms. The van der Waals surface area contributed by atoms with Crippen LogP contribution in [0.25, 0.3) is 0 Å². The molecule has 1 aromatic carbocycles. The number of carbonyl (C=O) groups excluding carboxylic acids is 3. The fourth-order valence-corrected chi connectivity index (χ4v) is 8.96. The number of hydrogen-bond donors (Lipinski definition) is 4. The Labute approximate surface area is 252 Å². The van der Waals surface area contributed by atoms with Gasteiger partial charge in [-0.1, -0.05) is 54.9 Å². The zero-order chi connectivity index (χ0) is 31.0. The number of ether oxygens (including phenoxy) is 1. The fourth-order valence-electron chi connectivity index (χ4n) is 8.96. The van der Waals surface area contributed by atoms with Gasteiger partial charge in [-0.25, -0.2) is 4.79 Å². The molecule has 5 rings (SSSR count). The van der Waals surface area contributed by atoms with E-state index in [-0.39, 0.29) is 29.8 Å². The topological polar surface area (TPSA) is 155 Å². The number of oxime groups is 1. The molecule has 3 fully saturated rings. The summed E-state index contributed by atoms with van der Waals surface area (Å²) in [6.45, 7) is 3.08. The molecule has 0 aromatic heterocycles. The molecule has 0 saturated heterocycles. The summed E-state index contributed by atoms with van der Waals surface area (Å²) in [4.78, 5) is 42.9. The zero-order valence-corrected chi connectivity index (χ0v) is 25.3. The van der Waals surface area contributed by atoms with Crippen LogP contribution < -0.4 is 5.32 Å². The van der Waals surface area contributed by atoms with Crippen LogP contribution in [0.2, 0.25) is 0 Å². The predicted octanol–water partition coefficient (Wildman–Crippen LogP) is 2.49. The van der Waals surface area contributed by atoms with Gasteiger partial charge in [-0.05, 0) is 79.8 Å². The summed E-state index contributed by atoms with van der Waals surface area (Å²) in [6, 6.07) is 8.51. The summed E-state index contributed by atoms with van der Waals surface area (Å²) in [5.74, 6) is -1.32. The molecule has 1 aromatic rings. The van der Waals surface area contributed by atoms with Gasteiger partial charge in [0, 0.05) is 11.8 Å². The van der Waals surface area contributed by atoms with Gasteiger partial charge in [-0.3, -0.25) is 9.59 Å². The summed E-state index contributed by atoms with van der Waals surface area (Å²) in [7, 11) is 1.28. The summed E-state index contributed by atoms with van der Waals surface area (Å²) in [5.41, 5.74) is 0.181. The molecular weight excluding hydrogens is 552 g/mol. The summed E-state index contributed by atoms with van der Waals surface area (Å²) >= 11 is 0. The second kappa shape index (κ2) is 12.1. The number of methoxy groups -OCH3 is 1. The Morgan fingerprint density at radius 3 is 2.56 bits per heavy atom. The van der Waals surface area contributed by atoms with Gasteiger partial charge in [-0.2, -0.15) is 0 Å². The minimum atomic E-state index is -1.61. The molecular formula is C33H44N2O8. The third-order valence-electron chi connectivity index (χ3n) is 11.1. The molecule has 0 heterocycles. The smallest absolute Gasteiger partial charge is 0.328 e. The third-order valence-corrected chi connectivity index (χ3v) is 11.1. The maximum Gasteiger partial charge on any atom is 0.328 e. The number of carbonyl (C=O) groups is 3. The number of nitrogens with one attached hydrogen (secondary N) is 1. The van der Waals surface area contributed by atoms with Crippen molar-refractivity contribution >= 4 is 23.4 Å². The normalized spacial score (nSPS) is 36.4. The number of allylic oxidation sites excluding steroid dienone is 2. The van der Waals surface area contributed by atoms with Gasteiger partial charge >= 0.3 is 5.97 Å². The van der Waals surface area contributed by atoms with Crippen LogP contribution in [0, 0.1) is 28.6 Å². The molecule has 0 bridgehead atoms. The van der Waals surface area contributed by atoms with Gasteiger partial charge in [0.25, 0.3) is 5.91 Å². The van der Waals surface area contributed by atoms with Crippen molar-refractivity contribution in [1.29, 1.82) is 0 Å². The second-order valence-electron chi connectivity index (χ2n) is 13.3. The highest BCUT2D eigenvalue weighted by atomic mass is 16.6. The lowest BCUT2D eigenvalue weighted by atomic mass is 9.45. The molecule has 3 saturated carbocycles. The lowest BCUT2D eigenvalue weighted by Crippen LogP contribution is -2.62. The van der Waals surface area contributed by atoms with E-state index in [0.717, 1.165) is 30.5 Å². The Morgan fingerprint density at radius 1 is 1.12 bits per heavy atom. The number of benzene rings is 1. The highest BCUT2D eigenvalue weighted by molar-refractivity contribution is 5.96. The molecule has 234 valence electrons. The molecule has 4 aliphatic rings. The van der Waals surface area contributed by atoms with Crippen molar-refractivity contribution in [2.75, 3.05) is 20.3 Å². The van der Waals surface area contributed by atoms with Crippen molar-refractivity contribution in [2.24, 2.45) is 33.7 Å². The van der Waals surface area contributed by atoms with Crippen molar-refractivity contribution in [3.05, 3.63) is 47.5 Å². The molecule has 10 heteroatoms. The van der Waals surface area contributed by atoms with E-state index >= 15 is 0 Å². The molecule has 0 radical (unpaired) electrons. The quantitative estimate of drug-likeness (QED) is 0.250. The van der Waals surface area contributed by atoms with Crippen LogP contribution in [0.5, 0.6) is 0 Å². The van der Waals surface area contributed by atoms with E-state index in [1.807, 2.05) is 43.3 Å². The molecule has 0 unspecified atom stereocenters. The standard InChI is InChI=1S/C33H44N2O8/c1-31-13-11-22(35-43-19-28(39)34-25(30(40)42-3)15-20-7-5-4-6-8-20)16-21(31)9-10-23-24-12-14-33(41,27(38)18-36)32(24,2)17-26(37)29(23)31/h4-8,16,23-26,29,36-37,41H,9-15,17-19H2,1-3H3,(H,34,39)/b35-22-/t23-,24-,25-,26-,29+,31-,32-,33-/m0/s1. The van der Waals surface area contributed by atoms with E-state index in [9.17, 15) is 29.7 Å². The first-order valence-electron chi connectivity index (χ1n) is 15.3. The van der Waals surface area contributed by atoms with Gasteiger partial charge in [0.1, 0.15) is 18.2 Å². The van der Waals surface area contributed by atoms with Crippen LogP contribution in [0.4, 0.5) is 0 Å². The lowest BCUT2D eigenvalue weighted by molar-refractivity contribution is -0.181. The highest BCUT2D eigenvalue weighted by Crippen LogP contribution is 2.67. The predicted molar refractivity (Wildman–Crippen MR) is 158 cm³/mol. The number of esters is 1. The van der Waals surface area contributed by atoms with Crippen LogP contribution in [-0.2, 0) is 30.4 Å². The average Bonchev–Trinajstić information content (AvgIpc) is 3.26. The van der Waals surface area contributed by atoms with Crippen molar-refractivity contribution in [2.45, 2.75) is 83.0 Å². The van der Waals surface area contributed by atoms with Crippen molar-refractivity contribution in [1.82, 2.24) is 5.32 Å². The van der Waals surface area contributed by atoms with Crippen LogP contribution >= 0.6 is 0 Å². The minimum absolute atomic E-state index is 0.00901. The summed E-state index contributed by atoms with van der Waals surface area (Å²) in [6.07, 6.45) is 6.00. The molecule has 0 aliphatic heterocycles. The molecule has 8 atom stereocenters. The third kappa shape index (κ3) is 5.53. The van der Waals surface area contributed by atoms with Gasteiger partial charge in [-0.15, -0.1) is 0 Å². The molecule has 1 amide bonds. The zero-order valence-electron chi connectivity index (χ0n) is 25.3. The maximum absolute atomic E-state index is 12.6. The van der Waals surface area contributed by atoms with E-state index in [2.05, 4.69) is 17.4 Å². The molecule has 10 nitrogen and oxygen atoms in total. The van der Waals surface area contributed by atoms with Crippen LogP contribution in [0.1, 0.15) is 64.4 Å². The van der Waals surface area contributed by atoms with E-state index in [1.165, 1.54) is 12.7 Å². The Kier molecular flexibility index (Phi) is 8.84. The number of hydrogen-bond acceptors (Lipinski definition) is 9. The lowest BCUT2D eigenvalue weighted by Gasteiger charge is -2.60. The number of fused-ring (bicyclic) bond motifs is 5. The van der Waals surface area contributed by atoms with E-state index in [1.54, 1.807) is 0 Å². The van der Waals surface area contributed by atoms with E-state index < -0.39 is 47.4 Å². The van der Waals surface area contributed by atoms with Gasteiger partial charge in [0.15, 0.2) is 12.4 Å². The van der Waals surface area contributed by atoms with Gasteiger partial charge in [0.2, 0.25) is 0 Å². The first-order valence-corrected chi connectivity index (χ1v) is 15.3. The first-order chi connectivity index (χ1) is 20.5. The van der Waals surface area contributed by atoms with Crippen molar-refractivity contribution in [3.63, 3.8) is 0 Å². The van der Waals surface area contributed by atoms with Crippen LogP contribution in [0.15, 0.2) is 47.1 Å². The summed E-state index contributed by atoms with van der Waals surface area (Å²) < 4.78 is 4.86. The number of nitrogens with zero attached hydrogens (tertiary/aromatic N) is 1. The highest BCUT2D eigenvalue weighted by Gasteiger charge is 2.68. The molecule has 4 aliphatic carbocycles. The second-order valence-corrected chi connectivity index (χ2v) is 13.3. The Morgan fingerprint density at radius 2 is 1.86 bits per heavy atom. The van der Waals surface area contributed by atoms with Gasteiger partial charge < -0.3 is 30.2 Å². The van der Waals surface area contributed by atoms with E-state index in [0.29, 0.717) is 32.1 Å². The van der Waals surface area contributed by atoms with Crippen LogP contribution in [-0.4, -0.2) is 76.8 Å².